The highest BCUT2D eigenvalue weighted by atomic mass is 35.5. The van der Waals surface area contributed by atoms with Crippen LogP contribution in [0.4, 0.5) is 5.69 Å². The van der Waals surface area contributed by atoms with Gasteiger partial charge in [0, 0.05) is 17.1 Å². The highest BCUT2D eigenvalue weighted by Crippen LogP contribution is 2.36. The van der Waals surface area contributed by atoms with Crippen LogP contribution in [0.2, 0.25) is 5.02 Å². The molecule has 0 aliphatic carbocycles. The summed E-state index contributed by atoms with van der Waals surface area (Å²) in [6, 6.07) is 19.1. The number of ether oxygens (including phenoxy) is 2. The number of aliphatic imine (C=N–C) groups is 1. The summed E-state index contributed by atoms with van der Waals surface area (Å²) in [5.41, 5.74) is 2.38. The highest BCUT2D eigenvalue weighted by Gasteiger charge is 2.32. The summed E-state index contributed by atoms with van der Waals surface area (Å²) in [4.78, 5) is 30.7. The Kier molecular flexibility index (Phi) is 7.97. The maximum atomic E-state index is 13.0. The Bertz CT molecular complexity index is 1350. The van der Waals surface area contributed by atoms with Crippen LogP contribution in [-0.4, -0.2) is 40.7 Å². The zero-order valence-corrected chi connectivity index (χ0v) is 21.2. The summed E-state index contributed by atoms with van der Waals surface area (Å²) >= 11 is 7.48. The molecule has 4 rings (SSSR count). The van der Waals surface area contributed by atoms with Gasteiger partial charge in [0.15, 0.2) is 16.7 Å². The number of amidine groups is 1. The summed E-state index contributed by atoms with van der Waals surface area (Å²) in [6.45, 7) is 2.62. The first-order valence-electron chi connectivity index (χ1n) is 11.1. The van der Waals surface area contributed by atoms with Crippen LogP contribution in [0, 0.1) is 0 Å². The van der Waals surface area contributed by atoms with Gasteiger partial charge in [0.25, 0.3) is 5.91 Å². The van der Waals surface area contributed by atoms with E-state index in [9.17, 15) is 9.59 Å². The molecule has 0 atom stereocenters. The number of carboxylic acids is 1. The second kappa shape index (κ2) is 11.3. The number of thioether (sulfide) groups is 1. The fraction of sp³-hybridized carbons (Fsp3) is 0.148. The van der Waals surface area contributed by atoms with E-state index in [1.54, 1.807) is 42.4 Å². The zero-order valence-electron chi connectivity index (χ0n) is 19.6. The minimum absolute atomic E-state index is 0.151. The predicted molar refractivity (Wildman–Crippen MR) is 142 cm³/mol. The van der Waals surface area contributed by atoms with E-state index in [-0.39, 0.29) is 11.5 Å². The maximum absolute atomic E-state index is 13.0. The van der Waals surface area contributed by atoms with Crippen LogP contribution in [0.5, 0.6) is 11.5 Å². The lowest BCUT2D eigenvalue weighted by Gasteiger charge is -2.12. The molecule has 7 nitrogen and oxygen atoms in total. The summed E-state index contributed by atoms with van der Waals surface area (Å²) in [5.74, 6) is -0.0593. The van der Waals surface area contributed by atoms with Crippen molar-refractivity contribution in [2.24, 2.45) is 4.99 Å². The molecular weight excluding hydrogens is 500 g/mol. The molecule has 0 unspecified atom stereocenters. The largest absolute Gasteiger partial charge is 0.493 e. The average Bonchev–Trinajstić information content (AvgIpc) is 3.17. The number of carbonyl (C=O) groups excluding carboxylic acids is 1. The smallest absolute Gasteiger partial charge is 0.335 e. The second-order valence-electron chi connectivity index (χ2n) is 7.70. The number of nitrogens with zero attached hydrogens (tertiary/aromatic N) is 2. The van der Waals surface area contributed by atoms with Crippen molar-refractivity contribution in [3.05, 3.63) is 93.3 Å². The van der Waals surface area contributed by atoms with E-state index in [0.717, 1.165) is 11.1 Å². The molecule has 1 amide bonds. The molecule has 1 aliphatic rings. The average molecular weight is 523 g/mol. The van der Waals surface area contributed by atoms with Crippen molar-refractivity contribution in [1.82, 2.24) is 4.90 Å². The van der Waals surface area contributed by atoms with E-state index in [4.69, 9.17) is 26.2 Å². The normalized spacial score (nSPS) is 15.5. The lowest BCUT2D eigenvalue weighted by atomic mass is 10.1. The highest BCUT2D eigenvalue weighted by molar-refractivity contribution is 8.18. The van der Waals surface area contributed by atoms with Gasteiger partial charge >= 0.3 is 5.97 Å². The lowest BCUT2D eigenvalue weighted by Crippen LogP contribution is -2.28. The van der Waals surface area contributed by atoms with Gasteiger partial charge in [-0.2, -0.15) is 0 Å². The number of rotatable bonds is 8. The van der Waals surface area contributed by atoms with Gasteiger partial charge in [-0.3, -0.25) is 9.69 Å². The van der Waals surface area contributed by atoms with Crippen molar-refractivity contribution in [2.75, 3.05) is 13.7 Å². The number of amides is 1. The van der Waals surface area contributed by atoms with E-state index >= 15 is 0 Å². The number of carbonyl (C=O) groups is 2. The minimum Gasteiger partial charge on any atom is -0.493 e. The van der Waals surface area contributed by atoms with Crippen LogP contribution < -0.4 is 9.47 Å². The molecule has 184 valence electrons. The van der Waals surface area contributed by atoms with E-state index < -0.39 is 5.97 Å². The van der Waals surface area contributed by atoms with E-state index in [1.165, 1.54) is 23.9 Å². The molecule has 3 aromatic carbocycles. The summed E-state index contributed by atoms with van der Waals surface area (Å²) in [5, 5.41) is 10.2. The predicted octanol–water partition coefficient (Wildman–Crippen LogP) is 6.25. The molecule has 0 saturated carbocycles. The Balaban J connectivity index is 1.54. The molecule has 1 fully saturated rings. The lowest BCUT2D eigenvalue weighted by molar-refractivity contribution is -0.122. The molecule has 36 heavy (non-hydrogen) atoms. The molecule has 0 spiro atoms. The van der Waals surface area contributed by atoms with Crippen molar-refractivity contribution >= 4 is 52.2 Å². The first-order chi connectivity index (χ1) is 17.4. The molecule has 9 heteroatoms. The van der Waals surface area contributed by atoms with Crippen LogP contribution in [0.3, 0.4) is 0 Å². The van der Waals surface area contributed by atoms with Gasteiger partial charge in [0.2, 0.25) is 0 Å². The topological polar surface area (TPSA) is 88.4 Å². The minimum atomic E-state index is -1.00. The Hall–Kier alpha value is -3.75. The first-order valence-corrected chi connectivity index (χ1v) is 12.3. The first kappa shape index (κ1) is 25.3. The number of aromatic carboxylic acids is 1. The van der Waals surface area contributed by atoms with Crippen molar-refractivity contribution in [3.8, 4) is 11.5 Å². The van der Waals surface area contributed by atoms with E-state index in [0.29, 0.717) is 45.4 Å². The van der Waals surface area contributed by atoms with Crippen LogP contribution in [0.1, 0.15) is 28.4 Å². The maximum Gasteiger partial charge on any atom is 0.335 e. The third kappa shape index (κ3) is 5.72. The van der Waals surface area contributed by atoms with E-state index in [2.05, 4.69) is 4.99 Å². The van der Waals surface area contributed by atoms with Gasteiger partial charge in [-0.25, -0.2) is 9.79 Å². The monoisotopic (exact) mass is 522 g/mol. The van der Waals surface area contributed by atoms with Crippen molar-refractivity contribution in [3.63, 3.8) is 0 Å². The van der Waals surface area contributed by atoms with Crippen LogP contribution >= 0.6 is 23.4 Å². The quantitative estimate of drug-likeness (QED) is 0.352. The van der Waals surface area contributed by atoms with Gasteiger partial charge in [-0.15, -0.1) is 0 Å². The number of halogens is 1. The van der Waals surface area contributed by atoms with Crippen LogP contribution in [-0.2, 0) is 11.4 Å². The third-order valence-corrected chi connectivity index (χ3v) is 6.75. The molecule has 3 aromatic rings. The Morgan fingerprint density at radius 1 is 1.11 bits per heavy atom. The van der Waals surface area contributed by atoms with Gasteiger partial charge in [0.1, 0.15) is 6.61 Å². The SMILES string of the molecule is CCN1C(=O)/C(=C/c2ccc(OCc3ccccc3Cl)c(OC)c2)SC1=Nc1ccc(C(=O)O)cc1. The molecule has 0 aromatic heterocycles. The number of benzene rings is 3. The molecule has 0 radical (unpaired) electrons. The fourth-order valence-electron chi connectivity index (χ4n) is 3.47. The molecule has 1 saturated heterocycles. The van der Waals surface area contributed by atoms with Crippen molar-refractivity contribution in [1.29, 1.82) is 0 Å². The van der Waals surface area contributed by atoms with Gasteiger partial charge in [-0.05, 0) is 72.8 Å². The zero-order chi connectivity index (χ0) is 25.7. The molecular formula is C27H23ClN2O5S. The number of likely N-dealkylation sites (N-methyl/N-ethyl adjacent to an activating group) is 1. The Morgan fingerprint density at radius 2 is 1.86 bits per heavy atom. The second-order valence-corrected chi connectivity index (χ2v) is 9.11. The molecule has 1 N–H and O–H groups in total. The van der Waals surface area contributed by atoms with Gasteiger partial charge < -0.3 is 14.6 Å². The van der Waals surface area contributed by atoms with Crippen LogP contribution in [0.15, 0.2) is 76.6 Å². The molecule has 1 aliphatic heterocycles. The summed E-state index contributed by atoms with van der Waals surface area (Å²) < 4.78 is 11.4. The molecule has 1 heterocycles. The van der Waals surface area contributed by atoms with E-state index in [1.807, 2.05) is 37.3 Å². The standard InChI is InChI=1S/C27H23ClN2O5S/c1-3-30-25(31)24(36-27(30)29-20-11-9-18(10-12-20)26(32)33)15-17-8-13-22(23(14-17)34-2)35-16-19-6-4-5-7-21(19)28/h4-15H,3,16H2,1-2H3,(H,32,33)/b24-15-,29-27?. The fourth-order valence-corrected chi connectivity index (χ4v) is 4.73. The van der Waals surface area contributed by atoms with Crippen LogP contribution in [0.25, 0.3) is 6.08 Å². The number of hydrogen-bond donors (Lipinski definition) is 1. The number of carboxylic acid groups (broad SMARTS) is 1. The van der Waals surface area contributed by atoms with Crippen molar-refractivity contribution < 1.29 is 24.2 Å². The van der Waals surface area contributed by atoms with Crippen molar-refractivity contribution in [2.45, 2.75) is 13.5 Å². The Labute approximate surface area is 218 Å². The third-order valence-electron chi connectivity index (χ3n) is 5.37. The summed E-state index contributed by atoms with van der Waals surface area (Å²) in [6.07, 6.45) is 1.78. The van der Waals surface area contributed by atoms with Gasteiger partial charge in [-0.1, -0.05) is 35.9 Å². The number of hydrogen-bond acceptors (Lipinski definition) is 6. The Morgan fingerprint density at radius 3 is 2.53 bits per heavy atom. The molecule has 0 bridgehead atoms. The summed E-state index contributed by atoms with van der Waals surface area (Å²) in [7, 11) is 1.56. The number of methoxy groups -OCH3 is 1. The van der Waals surface area contributed by atoms with Gasteiger partial charge in [0.05, 0.1) is 23.3 Å².